The van der Waals surface area contributed by atoms with Gasteiger partial charge in [0.1, 0.15) is 11.4 Å². The van der Waals surface area contributed by atoms with Crippen LogP contribution in [0.4, 0.5) is 0 Å². The Morgan fingerprint density at radius 3 is 2.76 bits per heavy atom. The van der Waals surface area contributed by atoms with E-state index < -0.39 is 0 Å². The van der Waals surface area contributed by atoms with E-state index in [-0.39, 0.29) is 18.4 Å². The van der Waals surface area contributed by atoms with Crippen LogP contribution in [0, 0.1) is 0 Å². The lowest BCUT2D eigenvalue weighted by Gasteiger charge is -2.26. The fraction of sp³-hybridized carbons (Fsp3) is 0.462. The number of halogens is 1. The van der Waals surface area contributed by atoms with Gasteiger partial charge in [-0.05, 0) is 64.4 Å². The highest BCUT2D eigenvalue weighted by molar-refractivity contribution is 6.30. The number of carbonyl (C=O) groups is 1. The van der Waals surface area contributed by atoms with Gasteiger partial charge in [0, 0.05) is 35.4 Å². The molecule has 0 aliphatic carbocycles. The lowest BCUT2D eigenvalue weighted by Crippen LogP contribution is -2.31. The number of pyridine rings is 1. The van der Waals surface area contributed by atoms with Gasteiger partial charge >= 0.3 is 0 Å². The van der Waals surface area contributed by atoms with Crippen LogP contribution in [0.1, 0.15) is 45.2 Å². The average Bonchev–Trinajstić information content (AvgIpc) is 3.13. The highest BCUT2D eigenvalue weighted by Crippen LogP contribution is 2.29. The Balaban J connectivity index is 1.52. The van der Waals surface area contributed by atoms with E-state index in [9.17, 15) is 4.79 Å². The summed E-state index contributed by atoms with van der Waals surface area (Å²) in [5.41, 5.74) is 3.28. The molecule has 1 aliphatic heterocycles. The van der Waals surface area contributed by atoms with Crippen molar-refractivity contribution in [3.63, 3.8) is 0 Å². The van der Waals surface area contributed by atoms with E-state index in [0.717, 1.165) is 41.3 Å². The van der Waals surface area contributed by atoms with Crippen molar-refractivity contribution < 1.29 is 9.53 Å². The van der Waals surface area contributed by atoms with Crippen molar-refractivity contribution in [3.8, 4) is 17.0 Å². The lowest BCUT2D eigenvalue weighted by molar-refractivity contribution is -0.120. The Labute approximate surface area is 200 Å². The van der Waals surface area contributed by atoms with Crippen LogP contribution >= 0.6 is 11.6 Å². The molecule has 33 heavy (non-hydrogen) atoms. The van der Waals surface area contributed by atoms with Crippen LogP contribution in [-0.4, -0.2) is 52.5 Å². The molecule has 1 N–H and O–H groups in total. The predicted octanol–water partition coefficient (Wildman–Crippen LogP) is 4.98. The minimum absolute atomic E-state index is 0.0501. The fourth-order valence-electron chi connectivity index (χ4n) is 4.42. The van der Waals surface area contributed by atoms with Gasteiger partial charge in [-0.25, -0.2) is 4.98 Å². The zero-order valence-electron chi connectivity index (χ0n) is 19.5. The summed E-state index contributed by atoms with van der Waals surface area (Å²) in [6, 6.07) is 11.6. The smallest absolute Gasteiger partial charge is 0.226 e. The number of hydrogen-bond donors (Lipinski definition) is 1. The number of ether oxygens (including phenoxy) is 1. The molecule has 3 heterocycles. The number of imidazole rings is 1. The molecule has 1 amide bonds. The largest absolute Gasteiger partial charge is 0.493 e. The van der Waals surface area contributed by atoms with Gasteiger partial charge in [0.25, 0.3) is 0 Å². The van der Waals surface area contributed by atoms with Gasteiger partial charge in [0.15, 0.2) is 0 Å². The fourth-order valence-corrected chi connectivity index (χ4v) is 4.61. The summed E-state index contributed by atoms with van der Waals surface area (Å²) in [6.45, 7) is 8.08. The number of nitrogens with zero attached hydrogens (tertiary/aromatic N) is 3. The third-order valence-corrected chi connectivity index (χ3v) is 6.12. The first-order valence-electron chi connectivity index (χ1n) is 11.9. The van der Waals surface area contributed by atoms with E-state index in [1.807, 2.05) is 60.8 Å². The molecule has 1 saturated heterocycles. The molecule has 1 aliphatic rings. The number of likely N-dealkylation sites (tertiary alicyclic amines) is 1. The SMILES string of the molecule is CC(C)NC(=O)Cc1nc2cc(OCCCN3CCCCC3)ccn2c1-c1cccc(Cl)c1. The monoisotopic (exact) mass is 468 g/mol. The van der Waals surface area contributed by atoms with Crippen LogP contribution in [0.5, 0.6) is 5.75 Å². The molecule has 0 saturated carbocycles. The zero-order chi connectivity index (χ0) is 23.2. The number of aromatic nitrogens is 2. The molecule has 7 heteroatoms. The van der Waals surface area contributed by atoms with Gasteiger partial charge in [-0.1, -0.05) is 30.2 Å². The Morgan fingerprint density at radius 2 is 2.00 bits per heavy atom. The van der Waals surface area contributed by atoms with E-state index in [2.05, 4.69) is 10.2 Å². The molecular formula is C26H33ClN4O2. The predicted molar refractivity (Wildman–Crippen MR) is 133 cm³/mol. The van der Waals surface area contributed by atoms with Crippen LogP contribution in [0.2, 0.25) is 5.02 Å². The second kappa shape index (κ2) is 11.0. The molecule has 4 rings (SSSR count). The van der Waals surface area contributed by atoms with Crippen LogP contribution in [0.15, 0.2) is 42.6 Å². The number of fused-ring (bicyclic) bond motifs is 1. The molecule has 0 bridgehead atoms. The van der Waals surface area contributed by atoms with Gasteiger partial charge in [-0.3, -0.25) is 9.20 Å². The summed E-state index contributed by atoms with van der Waals surface area (Å²) in [7, 11) is 0. The second-order valence-electron chi connectivity index (χ2n) is 9.01. The number of carbonyl (C=O) groups excluding carboxylic acids is 1. The lowest BCUT2D eigenvalue weighted by atomic mass is 10.1. The van der Waals surface area contributed by atoms with Crippen molar-refractivity contribution in [1.82, 2.24) is 19.6 Å². The Bertz CT molecular complexity index is 1090. The van der Waals surface area contributed by atoms with Crippen LogP contribution in [0.25, 0.3) is 16.9 Å². The standard InChI is InChI=1S/C26H33ClN4O2/c1-19(2)28-25(32)18-23-26(20-8-6-9-21(27)16-20)31-14-10-22(17-24(31)29-23)33-15-7-13-30-11-4-3-5-12-30/h6,8-10,14,16-17,19H,3-5,7,11-13,15,18H2,1-2H3,(H,28,32). The van der Waals surface area contributed by atoms with Crippen molar-refractivity contribution >= 4 is 23.2 Å². The summed E-state index contributed by atoms with van der Waals surface area (Å²) in [5, 5.41) is 3.60. The van der Waals surface area contributed by atoms with E-state index >= 15 is 0 Å². The van der Waals surface area contributed by atoms with Gasteiger partial charge in [-0.2, -0.15) is 0 Å². The number of hydrogen-bond acceptors (Lipinski definition) is 4. The maximum absolute atomic E-state index is 12.5. The van der Waals surface area contributed by atoms with E-state index in [4.69, 9.17) is 21.3 Å². The third kappa shape index (κ3) is 6.27. The topological polar surface area (TPSA) is 58.9 Å². The normalized spacial score (nSPS) is 14.7. The molecule has 0 atom stereocenters. The molecule has 3 aromatic rings. The Kier molecular flexibility index (Phi) is 7.89. The van der Waals surface area contributed by atoms with Crippen molar-refractivity contribution in [2.45, 2.75) is 52.0 Å². The van der Waals surface area contributed by atoms with E-state index in [0.29, 0.717) is 11.6 Å². The maximum atomic E-state index is 12.5. The van der Waals surface area contributed by atoms with Gasteiger partial charge < -0.3 is 15.0 Å². The second-order valence-corrected chi connectivity index (χ2v) is 9.45. The van der Waals surface area contributed by atoms with Crippen LogP contribution < -0.4 is 10.1 Å². The summed E-state index contributed by atoms with van der Waals surface area (Å²) in [5.74, 6) is 0.743. The molecule has 0 unspecified atom stereocenters. The quantitative estimate of drug-likeness (QED) is 0.450. The molecular weight excluding hydrogens is 436 g/mol. The maximum Gasteiger partial charge on any atom is 0.226 e. The molecule has 1 fully saturated rings. The van der Waals surface area contributed by atoms with E-state index in [1.54, 1.807) is 0 Å². The first-order valence-corrected chi connectivity index (χ1v) is 12.3. The minimum atomic E-state index is -0.0501. The summed E-state index contributed by atoms with van der Waals surface area (Å²) in [6.07, 6.45) is 7.15. The molecule has 2 aromatic heterocycles. The number of rotatable bonds is 9. The molecule has 0 radical (unpaired) electrons. The molecule has 1 aromatic carbocycles. The zero-order valence-corrected chi connectivity index (χ0v) is 20.3. The number of nitrogens with one attached hydrogen (secondary N) is 1. The Morgan fingerprint density at radius 1 is 1.18 bits per heavy atom. The summed E-state index contributed by atoms with van der Waals surface area (Å²) >= 11 is 6.26. The number of piperidine rings is 1. The average molecular weight is 469 g/mol. The highest BCUT2D eigenvalue weighted by Gasteiger charge is 2.18. The number of benzene rings is 1. The third-order valence-electron chi connectivity index (χ3n) is 5.88. The minimum Gasteiger partial charge on any atom is -0.493 e. The van der Waals surface area contributed by atoms with Crippen molar-refractivity contribution in [2.24, 2.45) is 0 Å². The van der Waals surface area contributed by atoms with E-state index in [1.165, 1.54) is 32.4 Å². The van der Waals surface area contributed by atoms with Gasteiger partial charge in [0.2, 0.25) is 5.91 Å². The van der Waals surface area contributed by atoms with Crippen LogP contribution in [-0.2, 0) is 11.2 Å². The van der Waals surface area contributed by atoms with Crippen molar-refractivity contribution in [2.75, 3.05) is 26.2 Å². The first-order chi connectivity index (χ1) is 16.0. The summed E-state index contributed by atoms with van der Waals surface area (Å²) < 4.78 is 8.04. The van der Waals surface area contributed by atoms with Crippen molar-refractivity contribution in [3.05, 3.63) is 53.3 Å². The Hall–Kier alpha value is -2.57. The molecule has 0 spiro atoms. The first kappa shape index (κ1) is 23.6. The van der Waals surface area contributed by atoms with Crippen molar-refractivity contribution in [1.29, 1.82) is 0 Å². The molecule has 6 nitrogen and oxygen atoms in total. The molecule has 176 valence electrons. The highest BCUT2D eigenvalue weighted by atomic mass is 35.5. The van der Waals surface area contributed by atoms with Crippen LogP contribution in [0.3, 0.4) is 0 Å². The van der Waals surface area contributed by atoms with Gasteiger partial charge in [-0.15, -0.1) is 0 Å². The number of amides is 1. The van der Waals surface area contributed by atoms with Gasteiger partial charge in [0.05, 0.1) is 24.4 Å². The summed E-state index contributed by atoms with van der Waals surface area (Å²) in [4.78, 5) is 19.8.